The van der Waals surface area contributed by atoms with Gasteiger partial charge in [0.05, 0.1) is 0 Å². The number of aryl methyl sites for hydroxylation is 2. The van der Waals surface area contributed by atoms with Gasteiger partial charge in [-0.1, -0.05) is 20.8 Å². The molecule has 0 radical (unpaired) electrons. The van der Waals surface area contributed by atoms with Gasteiger partial charge in [-0.2, -0.15) is 0 Å². The first-order valence-corrected chi connectivity index (χ1v) is 5.40. The molecule has 0 aliphatic heterocycles. The molecular weight excluding hydrogens is 176 g/mol. The molecule has 0 fully saturated rings. The molecule has 1 heterocycles. The van der Waals surface area contributed by atoms with Crippen molar-refractivity contribution >= 4 is 0 Å². The number of aromatic nitrogens is 2. The fraction of sp³-hybridized carbons (Fsp3) is 0.727. The topological polar surface area (TPSA) is 26.9 Å². The second-order valence-electron chi connectivity index (χ2n) is 4.15. The van der Waals surface area contributed by atoms with Crippen molar-refractivity contribution in [3.05, 3.63) is 22.9 Å². The van der Waals surface area contributed by atoms with E-state index in [1.807, 2.05) is 12.4 Å². The van der Waals surface area contributed by atoms with Crippen molar-refractivity contribution in [2.24, 2.45) is 5.92 Å². The Hall–Kier alpha value is -0.990. The quantitative estimate of drug-likeness (QED) is 0.708. The lowest BCUT2D eigenvalue weighted by atomic mass is 10.1. The van der Waals surface area contributed by atoms with E-state index in [1.54, 1.807) is 9.13 Å². The molecule has 0 unspecified atom stereocenters. The summed E-state index contributed by atoms with van der Waals surface area (Å²) in [5.41, 5.74) is 0.132. The molecule has 1 aromatic rings. The normalized spacial score (nSPS) is 11.1. The SMILES string of the molecule is CCCn1ccn(CCC(C)C)c1=O. The Morgan fingerprint density at radius 2 is 1.79 bits per heavy atom. The lowest BCUT2D eigenvalue weighted by Crippen LogP contribution is -2.24. The van der Waals surface area contributed by atoms with Gasteiger partial charge >= 0.3 is 5.69 Å². The Morgan fingerprint density at radius 1 is 1.21 bits per heavy atom. The maximum absolute atomic E-state index is 11.7. The molecule has 0 aromatic carbocycles. The average Bonchev–Trinajstić information content (AvgIpc) is 2.46. The number of hydrogen-bond acceptors (Lipinski definition) is 1. The molecule has 0 aliphatic rings. The first kappa shape index (κ1) is 11.1. The van der Waals surface area contributed by atoms with Crippen molar-refractivity contribution in [1.82, 2.24) is 9.13 Å². The molecule has 0 atom stereocenters. The molecule has 14 heavy (non-hydrogen) atoms. The predicted octanol–water partition coefficient (Wildman–Crippen LogP) is 2.11. The number of imidazole rings is 1. The van der Waals surface area contributed by atoms with Crippen molar-refractivity contribution in [2.75, 3.05) is 0 Å². The highest BCUT2D eigenvalue weighted by Gasteiger charge is 2.02. The molecule has 0 saturated carbocycles. The molecular formula is C11H20N2O. The van der Waals surface area contributed by atoms with Crippen LogP contribution in [-0.4, -0.2) is 9.13 Å². The van der Waals surface area contributed by atoms with Crippen LogP contribution in [0.15, 0.2) is 17.2 Å². The minimum Gasteiger partial charge on any atom is -0.299 e. The Balaban J connectivity index is 2.65. The zero-order chi connectivity index (χ0) is 10.6. The highest BCUT2D eigenvalue weighted by Crippen LogP contribution is 2.00. The van der Waals surface area contributed by atoms with Gasteiger partial charge in [0.25, 0.3) is 0 Å². The van der Waals surface area contributed by atoms with E-state index in [2.05, 4.69) is 20.8 Å². The fourth-order valence-corrected chi connectivity index (χ4v) is 1.43. The maximum atomic E-state index is 11.7. The summed E-state index contributed by atoms with van der Waals surface area (Å²) in [7, 11) is 0. The van der Waals surface area contributed by atoms with E-state index in [1.165, 1.54) is 0 Å². The number of hydrogen-bond donors (Lipinski definition) is 0. The molecule has 3 heteroatoms. The lowest BCUT2D eigenvalue weighted by Gasteiger charge is -2.04. The van der Waals surface area contributed by atoms with Crippen LogP contribution in [0, 0.1) is 5.92 Å². The van der Waals surface area contributed by atoms with Gasteiger partial charge in [-0.05, 0) is 18.8 Å². The van der Waals surface area contributed by atoms with Crippen LogP contribution in [0.2, 0.25) is 0 Å². The smallest absolute Gasteiger partial charge is 0.299 e. The second kappa shape index (κ2) is 5.03. The molecule has 80 valence electrons. The van der Waals surface area contributed by atoms with E-state index in [0.717, 1.165) is 25.9 Å². The van der Waals surface area contributed by atoms with E-state index in [9.17, 15) is 4.79 Å². The van der Waals surface area contributed by atoms with Crippen LogP contribution in [0.3, 0.4) is 0 Å². The Labute approximate surface area is 85.4 Å². The summed E-state index contributed by atoms with van der Waals surface area (Å²) in [6, 6.07) is 0. The highest BCUT2D eigenvalue weighted by molar-refractivity contribution is 4.81. The van der Waals surface area contributed by atoms with E-state index in [-0.39, 0.29) is 5.69 Å². The van der Waals surface area contributed by atoms with Gasteiger partial charge in [0, 0.05) is 25.5 Å². The third-order valence-electron chi connectivity index (χ3n) is 2.33. The van der Waals surface area contributed by atoms with Gasteiger partial charge in [-0.3, -0.25) is 9.13 Å². The number of nitrogens with zero attached hydrogens (tertiary/aromatic N) is 2. The third-order valence-corrected chi connectivity index (χ3v) is 2.33. The highest BCUT2D eigenvalue weighted by atomic mass is 16.1. The summed E-state index contributed by atoms with van der Waals surface area (Å²) in [5.74, 6) is 0.649. The van der Waals surface area contributed by atoms with Gasteiger partial charge in [0.1, 0.15) is 0 Å². The molecule has 0 bridgehead atoms. The molecule has 0 saturated heterocycles. The first-order valence-electron chi connectivity index (χ1n) is 5.40. The second-order valence-corrected chi connectivity index (χ2v) is 4.15. The van der Waals surface area contributed by atoms with E-state index in [0.29, 0.717) is 5.92 Å². The summed E-state index contributed by atoms with van der Waals surface area (Å²) in [6.45, 7) is 8.10. The average molecular weight is 196 g/mol. The lowest BCUT2D eigenvalue weighted by molar-refractivity contribution is 0.499. The summed E-state index contributed by atoms with van der Waals surface area (Å²) in [5, 5.41) is 0. The van der Waals surface area contributed by atoms with Gasteiger partial charge in [-0.25, -0.2) is 4.79 Å². The minimum atomic E-state index is 0.132. The van der Waals surface area contributed by atoms with Gasteiger partial charge < -0.3 is 0 Å². The van der Waals surface area contributed by atoms with Crippen LogP contribution in [0.25, 0.3) is 0 Å². The molecule has 0 amide bonds. The summed E-state index contributed by atoms with van der Waals surface area (Å²) < 4.78 is 3.58. The first-order chi connectivity index (χ1) is 6.65. The predicted molar refractivity (Wildman–Crippen MR) is 58.4 cm³/mol. The van der Waals surface area contributed by atoms with E-state index in [4.69, 9.17) is 0 Å². The molecule has 1 rings (SSSR count). The minimum absolute atomic E-state index is 0.132. The van der Waals surface area contributed by atoms with E-state index < -0.39 is 0 Å². The molecule has 0 N–H and O–H groups in total. The summed E-state index contributed by atoms with van der Waals surface area (Å²) in [4.78, 5) is 11.7. The van der Waals surface area contributed by atoms with Crippen LogP contribution in [0.4, 0.5) is 0 Å². The van der Waals surface area contributed by atoms with Crippen molar-refractivity contribution in [1.29, 1.82) is 0 Å². The van der Waals surface area contributed by atoms with E-state index >= 15 is 0 Å². The molecule has 1 aromatic heterocycles. The fourth-order valence-electron chi connectivity index (χ4n) is 1.43. The molecule has 0 spiro atoms. The van der Waals surface area contributed by atoms with Crippen LogP contribution in [0.5, 0.6) is 0 Å². The van der Waals surface area contributed by atoms with Crippen LogP contribution in [-0.2, 0) is 13.1 Å². The molecule has 3 nitrogen and oxygen atoms in total. The third kappa shape index (κ3) is 2.76. The molecule has 0 aliphatic carbocycles. The summed E-state index contributed by atoms with van der Waals surface area (Å²) >= 11 is 0. The standard InChI is InChI=1S/C11H20N2O/c1-4-6-12-8-9-13(11(12)14)7-5-10(2)3/h8-10H,4-7H2,1-3H3. The Morgan fingerprint density at radius 3 is 2.29 bits per heavy atom. The zero-order valence-electron chi connectivity index (χ0n) is 9.36. The maximum Gasteiger partial charge on any atom is 0.328 e. The van der Waals surface area contributed by atoms with Crippen LogP contribution >= 0.6 is 0 Å². The van der Waals surface area contributed by atoms with Gasteiger partial charge in [0.15, 0.2) is 0 Å². The van der Waals surface area contributed by atoms with Crippen molar-refractivity contribution in [3.63, 3.8) is 0 Å². The summed E-state index contributed by atoms with van der Waals surface area (Å²) in [6.07, 6.45) is 5.84. The van der Waals surface area contributed by atoms with Crippen LogP contribution in [0.1, 0.15) is 33.6 Å². The van der Waals surface area contributed by atoms with Crippen molar-refractivity contribution < 1.29 is 0 Å². The van der Waals surface area contributed by atoms with Gasteiger partial charge in [-0.15, -0.1) is 0 Å². The number of rotatable bonds is 5. The Kier molecular flexibility index (Phi) is 3.98. The van der Waals surface area contributed by atoms with Crippen molar-refractivity contribution in [2.45, 2.75) is 46.7 Å². The monoisotopic (exact) mass is 196 g/mol. The van der Waals surface area contributed by atoms with Crippen molar-refractivity contribution in [3.8, 4) is 0 Å². The van der Waals surface area contributed by atoms with Gasteiger partial charge in [0.2, 0.25) is 0 Å². The zero-order valence-corrected chi connectivity index (χ0v) is 9.36. The Bertz CT molecular complexity index is 322. The van der Waals surface area contributed by atoms with Crippen LogP contribution < -0.4 is 5.69 Å². The largest absolute Gasteiger partial charge is 0.328 e.